The number of carbonyl (C=O) groups excluding carboxylic acids is 7. The van der Waals surface area contributed by atoms with E-state index in [0.29, 0.717) is 44.3 Å². The van der Waals surface area contributed by atoms with E-state index in [9.17, 15) is 53.7 Å². The molecule has 0 aliphatic carbocycles. The van der Waals surface area contributed by atoms with Gasteiger partial charge in [0, 0.05) is 37.9 Å². The Morgan fingerprint density at radius 1 is 0.824 bits per heavy atom. The second kappa shape index (κ2) is 34.8. The van der Waals surface area contributed by atoms with Gasteiger partial charge in [0.2, 0.25) is 41.4 Å². The zero-order chi connectivity index (χ0) is 55.2. The average molecular weight is 1050 g/mol. The molecule has 0 saturated carbocycles. The summed E-state index contributed by atoms with van der Waals surface area (Å²) in [6, 6.07) is -8.55. The second-order valence-electron chi connectivity index (χ2n) is 17.6. The Kier molecular flexibility index (Phi) is 29.8. The van der Waals surface area contributed by atoms with Crippen LogP contribution in [0.4, 0.5) is 0 Å². The summed E-state index contributed by atoms with van der Waals surface area (Å²) >= 11 is 0. The molecule has 416 valence electrons. The third-order valence-corrected chi connectivity index (χ3v) is 11.8. The fraction of sp³-hybridized carbons (Fsp3) is 0.644. The van der Waals surface area contributed by atoms with Gasteiger partial charge in [-0.3, -0.25) is 43.9 Å². The van der Waals surface area contributed by atoms with Crippen LogP contribution in [0.25, 0.3) is 0 Å². The number of hydrogen-bond acceptors (Lipinski definition) is 18. The molecule has 2 heterocycles. The smallest absolute Gasteiger partial charge is 0.352 e. The molecule has 1 aromatic rings. The highest BCUT2D eigenvalue weighted by atomic mass is 16.4. The zero-order valence-corrected chi connectivity index (χ0v) is 41.8. The van der Waals surface area contributed by atoms with Gasteiger partial charge in [-0.2, -0.15) is 0 Å². The minimum absolute atomic E-state index is 0.0484. The SMILES string of the molecule is C=CC[C@H](NC(=O)[C@@H](NC(=O)[C@@H](N)CCCCN)[C@@H](O)CN)C(=O)NCC(=O)N[C@H](CCCN)C(=O)N1CCC[C@H]1C(O)N[C@@H](Cc1cnc[nH]1)C(=O)N[C@@H](CCCCN)C(=O)N/C(=C\CCN=C(N)N)C(=O)O. The van der Waals surface area contributed by atoms with Gasteiger partial charge in [-0.15, -0.1) is 6.58 Å². The van der Waals surface area contributed by atoms with E-state index in [1.165, 1.54) is 29.6 Å². The summed E-state index contributed by atoms with van der Waals surface area (Å²) in [7, 11) is 0. The molecule has 9 atom stereocenters. The van der Waals surface area contributed by atoms with Gasteiger partial charge < -0.3 is 97.2 Å². The topological polar surface area (TPSA) is 508 Å². The van der Waals surface area contributed by atoms with E-state index in [-0.39, 0.29) is 83.5 Å². The maximum absolute atomic E-state index is 14.3. The Hall–Kier alpha value is -6.60. The monoisotopic (exact) mass is 1050 g/mol. The number of nitrogens with two attached hydrogens (primary N) is 7. The van der Waals surface area contributed by atoms with Crippen LogP contribution in [-0.4, -0.2) is 184 Å². The Balaban J connectivity index is 2.24. The average Bonchev–Trinajstić information content (AvgIpc) is 4.09. The Bertz CT molecular complexity index is 2020. The number of rotatable bonds is 37. The summed E-state index contributed by atoms with van der Waals surface area (Å²) < 4.78 is 0. The van der Waals surface area contributed by atoms with E-state index >= 15 is 0 Å². The molecule has 1 saturated heterocycles. The van der Waals surface area contributed by atoms with E-state index in [0.717, 1.165) is 0 Å². The molecule has 1 aliphatic rings. The first-order valence-electron chi connectivity index (χ1n) is 24.7. The van der Waals surface area contributed by atoms with Gasteiger partial charge in [-0.25, -0.2) is 9.78 Å². The number of carboxylic acids is 1. The van der Waals surface area contributed by atoms with Crippen LogP contribution < -0.4 is 77.4 Å². The molecule has 1 aromatic heterocycles. The predicted octanol–water partition coefficient (Wildman–Crippen LogP) is -6.76. The molecule has 2 rings (SSSR count). The van der Waals surface area contributed by atoms with E-state index in [1.54, 1.807) is 0 Å². The zero-order valence-electron chi connectivity index (χ0n) is 41.8. The summed E-state index contributed by atoms with van der Waals surface area (Å²) in [5.74, 6) is -7.15. The lowest BCUT2D eigenvalue weighted by Gasteiger charge is -2.34. The molecule has 0 aromatic carbocycles. The third kappa shape index (κ3) is 22.7. The fourth-order valence-corrected chi connectivity index (χ4v) is 7.75. The number of unbranched alkanes of at least 4 members (excludes halogenated alkanes) is 2. The van der Waals surface area contributed by atoms with Crippen molar-refractivity contribution >= 4 is 53.3 Å². The van der Waals surface area contributed by atoms with Gasteiger partial charge in [0.15, 0.2) is 5.96 Å². The van der Waals surface area contributed by atoms with Crippen LogP contribution in [0.1, 0.15) is 82.7 Å². The van der Waals surface area contributed by atoms with Crippen molar-refractivity contribution in [2.24, 2.45) is 45.1 Å². The first-order valence-corrected chi connectivity index (χ1v) is 24.7. The minimum atomic E-state index is -1.59. The lowest BCUT2D eigenvalue weighted by Crippen LogP contribution is -2.61. The highest BCUT2D eigenvalue weighted by Crippen LogP contribution is 2.22. The van der Waals surface area contributed by atoms with Crippen LogP contribution >= 0.6 is 0 Å². The van der Waals surface area contributed by atoms with Crippen molar-refractivity contribution in [2.75, 3.05) is 45.8 Å². The van der Waals surface area contributed by atoms with Crippen LogP contribution in [0.5, 0.6) is 0 Å². The van der Waals surface area contributed by atoms with Crippen LogP contribution in [0, 0.1) is 0 Å². The summed E-state index contributed by atoms with van der Waals surface area (Å²) in [6.07, 6.45) is 5.55. The maximum atomic E-state index is 14.3. The predicted molar refractivity (Wildman–Crippen MR) is 272 cm³/mol. The summed E-state index contributed by atoms with van der Waals surface area (Å²) in [5, 5.41) is 49.8. The van der Waals surface area contributed by atoms with Crippen LogP contribution in [0.3, 0.4) is 0 Å². The number of aliphatic hydroxyl groups is 2. The molecular weight excluding hydrogens is 969 g/mol. The number of H-pyrrole nitrogens is 1. The number of nitrogens with one attached hydrogen (secondary N) is 8. The molecule has 7 amide bonds. The van der Waals surface area contributed by atoms with E-state index in [2.05, 4.69) is 58.8 Å². The number of aromatic amines is 1. The van der Waals surface area contributed by atoms with Crippen LogP contribution in [0.15, 0.2) is 41.9 Å². The summed E-state index contributed by atoms with van der Waals surface area (Å²) in [6.45, 7) is 3.56. The number of amides is 7. The number of aromatic nitrogens is 2. The molecule has 0 bridgehead atoms. The van der Waals surface area contributed by atoms with Gasteiger partial charge in [-0.1, -0.05) is 18.6 Å². The molecule has 29 heteroatoms. The lowest BCUT2D eigenvalue weighted by atomic mass is 10.0. The van der Waals surface area contributed by atoms with Gasteiger partial charge in [0.05, 0.1) is 37.1 Å². The van der Waals surface area contributed by atoms with Crippen molar-refractivity contribution in [1.29, 1.82) is 0 Å². The third-order valence-electron chi connectivity index (χ3n) is 11.8. The highest BCUT2D eigenvalue weighted by Gasteiger charge is 2.40. The minimum Gasteiger partial charge on any atom is -0.477 e. The van der Waals surface area contributed by atoms with Crippen molar-refractivity contribution in [2.45, 2.75) is 138 Å². The number of carboxylic acid groups (broad SMARTS) is 1. The number of aliphatic imine (C=N–C) groups is 1. The molecule has 29 nitrogen and oxygen atoms in total. The van der Waals surface area contributed by atoms with Gasteiger partial charge in [-0.05, 0) is 90.3 Å². The van der Waals surface area contributed by atoms with Crippen LogP contribution in [0.2, 0.25) is 0 Å². The highest BCUT2D eigenvalue weighted by molar-refractivity contribution is 5.97. The molecule has 25 N–H and O–H groups in total. The largest absolute Gasteiger partial charge is 0.477 e. The number of hydrogen-bond donors (Lipinski definition) is 18. The number of nitrogens with zero attached hydrogens (tertiary/aromatic N) is 3. The maximum Gasteiger partial charge on any atom is 0.352 e. The van der Waals surface area contributed by atoms with Gasteiger partial charge >= 0.3 is 5.97 Å². The molecule has 0 radical (unpaired) electrons. The number of aliphatic hydroxyl groups excluding tert-OH is 2. The molecule has 1 aliphatic heterocycles. The first-order chi connectivity index (χ1) is 35.3. The van der Waals surface area contributed by atoms with Crippen molar-refractivity contribution in [3.8, 4) is 0 Å². The van der Waals surface area contributed by atoms with Crippen molar-refractivity contribution in [3.05, 3.63) is 42.6 Å². The quantitative estimate of drug-likeness (QED) is 0.00735. The van der Waals surface area contributed by atoms with Crippen LogP contribution in [-0.2, 0) is 44.8 Å². The normalized spacial score (nSPS) is 16.7. The van der Waals surface area contributed by atoms with Crippen molar-refractivity contribution < 1.29 is 53.7 Å². The number of likely N-dealkylation sites (tertiary alicyclic amines) is 1. The number of carbonyl (C=O) groups is 8. The van der Waals surface area contributed by atoms with Gasteiger partial charge in [0.25, 0.3) is 0 Å². The summed E-state index contributed by atoms with van der Waals surface area (Å²) in [5.41, 5.74) is 39.2. The fourth-order valence-electron chi connectivity index (χ4n) is 7.75. The molecular formula is C45H80N18O11. The molecule has 74 heavy (non-hydrogen) atoms. The Morgan fingerprint density at radius 2 is 1.49 bits per heavy atom. The molecule has 1 fully saturated rings. The van der Waals surface area contributed by atoms with Crippen molar-refractivity contribution in [1.82, 2.24) is 52.1 Å². The summed E-state index contributed by atoms with van der Waals surface area (Å²) in [4.78, 5) is 119. The van der Waals surface area contributed by atoms with E-state index < -0.39 is 121 Å². The first kappa shape index (κ1) is 63.5. The molecule has 0 spiro atoms. The number of imidazole rings is 1. The van der Waals surface area contributed by atoms with Crippen molar-refractivity contribution in [3.63, 3.8) is 0 Å². The number of guanidine groups is 1. The molecule has 1 unspecified atom stereocenters. The second-order valence-corrected chi connectivity index (χ2v) is 17.6. The van der Waals surface area contributed by atoms with E-state index in [1.807, 2.05) is 0 Å². The number of aliphatic carboxylic acids is 1. The standard InChI is InChI=1S/C45H80N18O11/c1-2-10-28(59-42(71)36(34(64)22-49)62-37(66)27(50)11-3-5-16-46)38(67)55-24-35(65)57-30(13-7-18-48)43(72)63-20-9-15-33(63)41(70)61-32(21-26-23-53-25-56-26)40(69)58-29(12-4-6-17-47)39(68)60-31(44(73)74)14-8-19-54-45(51)52/h2,14,23,25,27-30,32-34,36,41,61,64,70H,1,3-13,15-22,24,46-50H2,(H,53,56)(H,55,67)(H,57,65)(H,58,69)(H,59,71)(H,60,68)(H,62,66)(H,73,74)(H4,51,52,54)/b31-14-/t27-,28-,29-,30+,32-,33-,34-,36-,41?/m0/s1. The lowest BCUT2D eigenvalue weighted by molar-refractivity contribution is -0.140. The van der Waals surface area contributed by atoms with Gasteiger partial charge in [0.1, 0.15) is 36.1 Å². The Morgan fingerprint density at radius 3 is 2.09 bits per heavy atom. The van der Waals surface area contributed by atoms with E-state index in [4.69, 9.17) is 40.1 Å². The Labute approximate surface area is 429 Å².